The Kier molecular flexibility index (Phi) is 7.39. The van der Waals surface area contributed by atoms with E-state index < -0.39 is 0 Å². The zero-order chi connectivity index (χ0) is 19.8. The SMILES string of the molecule is COc1ccc(SC(C)C(=O)Nc2ccc(SCc3cccnc3)cc2)cc1. The lowest BCUT2D eigenvalue weighted by Crippen LogP contribution is -2.22. The molecule has 1 aromatic heterocycles. The number of aromatic nitrogens is 1. The molecule has 0 radical (unpaired) electrons. The van der Waals surface area contributed by atoms with Crippen LogP contribution in [0.15, 0.2) is 82.8 Å². The van der Waals surface area contributed by atoms with Gasteiger partial charge in [-0.1, -0.05) is 6.07 Å². The van der Waals surface area contributed by atoms with Gasteiger partial charge >= 0.3 is 0 Å². The van der Waals surface area contributed by atoms with E-state index in [1.165, 1.54) is 17.3 Å². The van der Waals surface area contributed by atoms with Gasteiger partial charge in [0.25, 0.3) is 0 Å². The fourth-order valence-electron chi connectivity index (χ4n) is 2.44. The van der Waals surface area contributed by atoms with Gasteiger partial charge in [-0.15, -0.1) is 23.5 Å². The quantitative estimate of drug-likeness (QED) is 0.497. The number of hydrogen-bond donors (Lipinski definition) is 1. The predicted molar refractivity (Wildman–Crippen MR) is 117 cm³/mol. The van der Waals surface area contributed by atoms with Gasteiger partial charge in [-0.05, 0) is 67.1 Å². The molecule has 144 valence electrons. The lowest BCUT2D eigenvalue weighted by molar-refractivity contribution is -0.115. The smallest absolute Gasteiger partial charge is 0.237 e. The molecule has 6 heteroatoms. The van der Waals surface area contributed by atoms with Gasteiger partial charge in [-0.3, -0.25) is 9.78 Å². The van der Waals surface area contributed by atoms with Crippen molar-refractivity contribution in [2.24, 2.45) is 0 Å². The van der Waals surface area contributed by atoms with E-state index in [4.69, 9.17) is 4.74 Å². The minimum atomic E-state index is -0.201. The van der Waals surface area contributed by atoms with Crippen molar-refractivity contribution in [3.8, 4) is 5.75 Å². The molecule has 0 saturated carbocycles. The van der Waals surface area contributed by atoms with Crippen molar-refractivity contribution in [1.29, 1.82) is 0 Å². The summed E-state index contributed by atoms with van der Waals surface area (Å²) in [4.78, 5) is 18.8. The van der Waals surface area contributed by atoms with Crippen LogP contribution in [0.25, 0.3) is 0 Å². The molecule has 0 aliphatic heterocycles. The number of thioether (sulfide) groups is 2. The number of carbonyl (C=O) groups excluding carboxylic acids is 1. The lowest BCUT2D eigenvalue weighted by atomic mass is 10.3. The standard InChI is InChI=1S/C22H22N2O2S2/c1-16(28-21-11-7-19(26-2)8-12-21)22(25)24-18-5-9-20(10-6-18)27-15-17-4-3-13-23-14-17/h3-14,16H,15H2,1-2H3,(H,24,25). The van der Waals surface area contributed by atoms with Crippen molar-refractivity contribution in [2.45, 2.75) is 27.7 Å². The summed E-state index contributed by atoms with van der Waals surface area (Å²) in [5.41, 5.74) is 1.99. The second kappa shape index (κ2) is 10.2. The largest absolute Gasteiger partial charge is 0.497 e. The molecule has 1 N–H and O–H groups in total. The maximum atomic E-state index is 12.5. The molecule has 0 fully saturated rings. The van der Waals surface area contributed by atoms with Crippen molar-refractivity contribution in [1.82, 2.24) is 4.98 Å². The summed E-state index contributed by atoms with van der Waals surface area (Å²) in [7, 11) is 1.64. The number of ether oxygens (including phenoxy) is 1. The first-order valence-corrected chi connectivity index (χ1v) is 10.7. The van der Waals surface area contributed by atoms with Crippen molar-refractivity contribution >= 4 is 35.1 Å². The zero-order valence-corrected chi connectivity index (χ0v) is 17.4. The molecular formula is C22H22N2O2S2. The first-order valence-electron chi connectivity index (χ1n) is 8.87. The first-order chi connectivity index (χ1) is 13.6. The molecule has 28 heavy (non-hydrogen) atoms. The van der Waals surface area contributed by atoms with Crippen LogP contribution < -0.4 is 10.1 Å². The average Bonchev–Trinajstić information content (AvgIpc) is 2.74. The topological polar surface area (TPSA) is 51.2 Å². The molecule has 0 aliphatic carbocycles. The molecule has 2 aromatic carbocycles. The van der Waals surface area contributed by atoms with Gasteiger partial charge in [0.2, 0.25) is 5.91 Å². The number of benzene rings is 2. The monoisotopic (exact) mass is 410 g/mol. The van der Waals surface area contributed by atoms with Gasteiger partial charge < -0.3 is 10.1 Å². The number of carbonyl (C=O) groups is 1. The highest BCUT2D eigenvalue weighted by atomic mass is 32.2. The van der Waals surface area contributed by atoms with Gasteiger partial charge in [0.1, 0.15) is 5.75 Å². The van der Waals surface area contributed by atoms with Crippen molar-refractivity contribution in [3.63, 3.8) is 0 Å². The Labute approximate surface area is 174 Å². The number of anilines is 1. The Morgan fingerprint density at radius 2 is 1.79 bits per heavy atom. The molecular weight excluding hydrogens is 388 g/mol. The Bertz CT molecular complexity index is 885. The van der Waals surface area contributed by atoms with E-state index in [1.807, 2.05) is 67.7 Å². The molecule has 0 bridgehead atoms. The molecule has 4 nitrogen and oxygen atoms in total. The summed E-state index contributed by atoms with van der Waals surface area (Å²) in [5.74, 6) is 1.66. The van der Waals surface area contributed by atoms with Gasteiger partial charge in [0.05, 0.1) is 12.4 Å². The number of amides is 1. The Hall–Kier alpha value is -2.44. The molecule has 3 aromatic rings. The maximum Gasteiger partial charge on any atom is 0.237 e. The number of hydrogen-bond acceptors (Lipinski definition) is 5. The number of nitrogens with zero attached hydrogens (tertiary/aromatic N) is 1. The Morgan fingerprint density at radius 3 is 2.43 bits per heavy atom. The molecule has 3 rings (SSSR count). The summed E-state index contributed by atoms with van der Waals surface area (Å²) in [6, 6.07) is 19.7. The zero-order valence-electron chi connectivity index (χ0n) is 15.8. The van der Waals surface area contributed by atoms with E-state index in [9.17, 15) is 4.79 Å². The van der Waals surface area contributed by atoms with Crippen LogP contribution in [-0.2, 0) is 10.5 Å². The second-order valence-electron chi connectivity index (χ2n) is 6.10. The first kappa shape index (κ1) is 20.3. The molecule has 1 atom stereocenters. The summed E-state index contributed by atoms with van der Waals surface area (Å²) < 4.78 is 5.16. The number of nitrogens with one attached hydrogen (secondary N) is 1. The predicted octanol–water partition coefficient (Wildman–Crippen LogP) is 5.50. The van der Waals surface area contributed by atoms with Crippen LogP contribution in [0.3, 0.4) is 0 Å². The molecule has 1 amide bonds. The fourth-order valence-corrected chi connectivity index (χ4v) is 4.14. The Balaban J connectivity index is 1.50. The van der Waals surface area contributed by atoms with Crippen LogP contribution in [0, 0.1) is 0 Å². The van der Waals surface area contributed by atoms with Crippen molar-refractivity contribution in [3.05, 3.63) is 78.6 Å². The van der Waals surface area contributed by atoms with Crippen LogP contribution >= 0.6 is 23.5 Å². The number of rotatable bonds is 8. The molecule has 0 spiro atoms. The number of pyridine rings is 1. The summed E-state index contributed by atoms with van der Waals surface area (Å²) in [6.45, 7) is 1.91. The normalized spacial score (nSPS) is 11.6. The lowest BCUT2D eigenvalue weighted by Gasteiger charge is -2.12. The highest BCUT2D eigenvalue weighted by molar-refractivity contribution is 8.00. The molecule has 1 unspecified atom stereocenters. The highest BCUT2D eigenvalue weighted by Crippen LogP contribution is 2.27. The third-order valence-corrected chi connectivity index (χ3v) is 6.19. The molecule has 1 heterocycles. The van der Waals surface area contributed by atoms with Gasteiger partial charge in [0.15, 0.2) is 0 Å². The summed E-state index contributed by atoms with van der Waals surface area (Å²) in [6.07, 6.45) is 3.66. The van der Waals surface area contributed by atoms with Gasteiger partial charge in [-0.25, -0.2) is 0 Å². The van der Waals surface area contributed by atoms with E-state index in [1.54, 1.807) is 25.1 Å². The Morgan fingerprint density at radius 1 is 1.07 bits per heavy atom. The van der Waals surface area contributed by atoms with E-state index in [0.717, 1.165) is 27.0 Å². The van der Waals surface area contributed by atoms with Gasteiger partial charge in [-0.2, -0.15) is 0 Å². The second-order valence-corrected chi connectivity index (χ2v) is 8.56. The van der Waals surface area contributed by atoms with Crippen LogP contribution in [0.4, 0.5) is 5.69 Å². The summed E-state index contributed by atoms with van der Waals surface area (Å²) in [5, 5.41) is 2.78. The maximum absolute atomic E-state index is 12.5. The van der Waals surface area contributed by atoms with Gasteiger partial charge in [0, 0.05) is 33.6 Å². The molecule has 0 aliphatic rings. The van der Waals surface area contributed by atoms with E-state index in [2.05, 4.69) is 16.4 Å². The summed E-state index contributed by atoms with van der Waals surface area (Å²) >= 11 is 3.27. The number of methoxy groups -OCH3 is 1. The molecule has 0 saturated heterocycles. The fraction of sp³-hybridized carbons (Fsp3) is 0.182. The third kappa shape index (κ3) is 6.04. The third-order valence-electron chi connectivity index (χ3n) is 3.99. The average molecular weight is 411 g/mol. The van der Waals surface area contributed by atoms with E-state index >= 15 is 0 Å². The van der Waals surface area contributed by atoms with Crippen LogP contribution in [0.5, 0.6) is 5.75 Å². The highest BCUT2D eigenvalue weighted by Gasteiger charge is 2.14. The van der Waals surface area contributed by atoms with Crippen LogP contribution in [0.2, 0.25) is 0 Å². The van der Waals surface area contributed by atoms with Crippen LogP contribution in [0.1, 0.15) is 12.5 Å². The van der Waals surface area contributed by atoms with Crippen LogP contribution in [-0.4, -0.2) is 23.3 Å². The van der Waals surface area contributed by atoms with Crippen molar-refractivity contribution in [2.75, 3.05) is 12.4 Å². The minimum Gasteiger partial charge on any atom is -0.497 e. The van der Waals surface area contributed by atoms with E-state index in [-0.39, 0.29) is 11.2 Å². The minimum absolute atomic E-state index is 0.0171. The van der Waals surface area contributed by atoms with E-state index in [0.29, 0.717) is 0 Å². The van der Waals surface area contributed by atoms with Crippen molar-refractivity contribution < 1.29 is 9.53 Å².